The van der Waals surface area contributed by atoms with Crippen LogP contribution in [0.15, 0.2) is 23.3 Å². The SMILES string of the molecule is CCOC(=O)c1c(NC(=O)C(=O)N/N=C/c2ccc(O)c(OC)c2)sc2c1CCCCC2. The zero-order valence-corrected chi connectivity index (χ0v) is 18.7. The summed E-state index contributed by atoms with van der Waals surface area (Å²) in [6.45, 7) is 1.93. The maximum Gasteiger partial charge on any atom is 0.341 e. The molecule has 0 atom stereocenters. The largest absolute Gasteiger partial charge is 0.504 e. The predicted octanol–water partition coefficient (Wildman–Crippen LogP) is 3.00. The number of esters is 1. The fourth-order valence-corrected chi connectivity index (χ4v) is 4.67. The number of fused-ring (bicyclic) bond motifs is 1. The lowest BCUT2D eigenvalue weighted by Gasteiger charge is -2.08. The highest BCUT2D eigenvalue weighted by Gasteiger charge is 2.27. The van der Waals surface area contributed by atoms with Crippen LogP contribution in [0, 0.1) is 0 Å². The Balaban J connectivity index is 1.71. The summed E-state index contributed by atoms with van der Waals surface area (Å²) in [6.07, 6.45) is 5.93. The Morgan fingerprint density at radius 1 is 1.19 bits per heavy atom. The van der Waals surface area contributed by atoms with Gasteiger partial charge in [-0.2, -0.15) is 5.10 Å². The van der Waals surface area contributed by atoms with E-state index in [2.05, 4.69) is 15.8 Å². The van der Waals surface area contributed by atoms with Crippen molar-refractivity contribution in [3.63, 3.8) is 0 Å². The molecule has 0 fully saturated rings. The lowest BCUT2D eigenvalue weighted by atomic mass is 10.1. The van der Waals surface area contributed by atoms with Crippen molar-refractivity contribution in [2.45, 2.75) is 39.0 Å². The number of nitrogens with zero attached hydrogens (tertiary/aromatic N) is 1. The van der Waals surface area contributed by atoms with Gasteiger partial charge in [0.05, 0.1) is 25.5 Å². The Morgan fingerprint density at radius 2 is 1.97 bits per heavy atom. The van der Waals surface area contributed by atoms with E-state index in [4.69, 9.17) is 9.47 Å². The third-order valence-electron chi connectivity index (χ3n) is 4.92. The van der Waals surface area contributed by atoms with Gasteiger partial charge in [0.2, 0.25) is 0 Å². The Labute approximate surface area is 189 Å². The van der Waals surface area contributed by atoms with Crippen molar-refractivity contribution in [2.24, 2.45) is 5.10 Å². The third kappa shape index (κ3) is 5.44. The van der Waals surface area contributed by atoms with Gasteiger partial charge in [-0.25, -0.2) is 10.2 Å². The van der Waals surface area contributed by atoms with E-state index >= 15 is 0 Å². The second kappa shape index (κ2) is 10.8. The lowest BCUT2D eigenvalue weighted by Crippen LogP contribution is -2.32. The van der Waals surface area contributed by atoms with Gasteiger partial charge in [-0.15, -0.1) is 11.3 Å². The van der Waals surface area contributed by atoms with Crippen molar-refractivity contribution in [1.29, 1.82) is 0 Å². The summed E-state index contributed by atoms with van der Waals surface area (Å²) >= 11 is 1.31. The predicted molar refractivity (Wildman–Crippen MR) is 121 cm³/mol. The van der Waals surface area contributed by atoms with Crippen LogP contribution in [0.25, 0.3) is 0 Å². The molecular formula is C22H25N3O6S. The number of hydrogen-bond donors (Lipinski definition) is 3. The fraction of sp³-hybridized carbons (Fsp3) is 0.364. The number of anilines is 1. The number of aryl methyl sites for hydroxylation is 1. The van der Waals surface area contributed by atoms with Gasteiger partial charge in [0.15, 0.2) is 11.5 Å². The number of ether oxygens (including phenoxy) is 2. The molecule has 3 rings (SSSR count). The number of carbonyl (C=O) groups excluding carboxylic acids is 3. The summed E-state index contributed by atoms with van der Waals surface area (Å²) < 4.78 is 10.2. The molecule has 0 saturated carbocycles. The molecule has 3 N–H and O–H groups in total. The maximum absolute atomic E-state index is 12.5. The van der Waals surface area contributed by atoms with Crippen molar-refractivity contribution < 1.29 is 29.0 Å². The number of nitrogens with one attached hydrogen (secondary N) is 2. The van der Waals surface area contributed by atoms with Gasteiger partial charge in [-0.3, -0.25) is 9.59 Å². The summed E-state index contributed by atoms with van der Waals surface area (Å²) in [7, 11) is 1.41. The van der Waals surface area contributed by atoms with Gasteiger partial charge in [-0.05, 0) is 61.9 Å². The molecular weight excluding hydrogens is 434 g/mol. The van der Waals surface area contributed by atoms with Gasteiger partial charge < -0.3 is 19.9 Å². The van der Waals surface area contributed by atoms with Crippen LogP contribution in [-0.4, -0.2) is 42.8 Å². The van der Waals surface area contributed by atoms with Crippen molar-refractivity contribution in [2.75, 3.05) is 19.0 Å². The minimum Gasteiger partial charge on any atom is -0.504 e. The molecule has 0 aliphatic heterocycles. The molecule has 9 nitrogen and oxygen atoms in total. The van der Waals surface area contributed by atoms with Crippen LogP contribution < -0.4 is 15.5 Å². The van der Waals surface area contributed by atoms with Gasteiger partial charge in [0.25, 0.3) is 0 Å². The number of methoxy groups -OCH3 is 1. The van der Waals surface area contributed by atoms with E-state index in [-0.39, 0.29) is 18.1 Å². The average Bonchev–Trinajstić information content (AvgIpc) is 2.95. The summed E-state index contributed by atoms with van der Waals surface area (Å²) in [5, 5.41) is 16.2. The molecule has 170 valence electrons. The maximum atomic E-state index is 12.5. The van der Waals surface area contributed by atoms with Crippen molar-refractivity contribution in [1.82, 2.24) is 5.43 Å². The molecule has 1 aromatic heterocycles. The first-order chi connectivity index (χ1) is 15.4. The van der Waals surface area contributed by atoms with E-state index in [0.717, 1.165) is 42.5 Å². The molecule has 0 spiro atoms. The van der Waals surface area contributed by atoms with Gasteiger partial charge in [0, 0.05) is 4.88 Å². The molecule has 0 saturated heterocycles. The van der Waals surface area contributed by atoms with Crippen molar-refractivity contribution >= 4 is 40.3 Å². The molecule has 0 radical (unpaired) electrons. The summed E-state index contributed by atoms with van der Waals surface area (Å²) in [6, 6.07) is 4.51. The molecule has 10 heteroatoms. The third-order valence-corrected chi connectivity index (χ3v) is 6.12. The zero-order valence-electron chi connectivity index (χ0n) is 17.9. The first-order valence-electron chi connectivity index (χ1n) is 10.3. The average molecular weight is 460 g/mol. The smallest absolute Gasteiger partial charge is 0.341 e. The molecule has 1 aliphatic carbocycles. The number of carbonyl (C=O) groups is 3. The number of hydrazone groups is 1. The first kappa shape index (κ1) is 23.3. The van der Waals surface area contributed by atoms with Gasteiger partial charge in [0.1, 0.15) is 5.00 Å². The highest BCUT2D eigenvalue weighted by atomic mass is 32.1. The van der Waals surface area contributed by atoms with Crippen LogP contribution in [0.5, 0.6) is 11.5 Å². The molecule has 2 aromatic rings. The molecule has 2 amide bonds. The molecule has 1 aliphatic rings. The molecule has 1 heterocycles. The summed E-state index contributed by atoms with van der Waals surface area (Å²) in [5.41, 5.74) is 3.95. The first-order valence-corrected chi connectivity index (χ1v) is 11.1. The van der Waals surface area contributed by atoms with Gasteiger partial charge >= 0.3 is 17.8 Å². The second-order valence-corrected chi connectivity index (χ2v) is 8.18. The quantitative estimate of drug-likeness (QED) is 0.200. The molecule has 0 unspecified atom stereocenters. The minimum atomic E-state index is -0.981. The van der Waals surface area contributed by atoms with Crippen LogP contribution >= 0.6 is 11.3 Å². The number of phenolic OH excluding ortho intramolecular Hbond substituents is 1. The summed E-state index contributed by atoms with van der Waals surface area (Å²) in [4.78, 5) is 38.2. The topological polar surface area (TPSA) is 126 Å². The van der Waals surface area contributed by atoms with Crippen LogP contribution in [0.4, 0.5) is 5.00 Å². The van der Waals surface area contributed by atoms with Crippen LogP contribution in [0.1, 0.15) is 52.5 Å². The van der Waals surface area contributed by atoms with E-state index < -0.39 is 17.8 Å². The van der Waals surface area contributed by atoms with Gasteiger partial charge in [-0.1, -0.05) is 6.42 Å². The van der Waals surface area contributed by atoms with E-state index in [1.54, 1.807) is 13.0 Å². The Hall–Kier alpha value is -3.40. The molecule has 32 heavy (non-hydrogen) atoms. The van der Waals surface area contributed by atoms with Crippen LogP contribution in [0.3, 0.4) is 0 Å². The van der Waals surface area contributed by atoms with Crippen LogP contribution in [-0.2, 0) is 27.2 Å². The minimum absolute atomic E-state index is 0.0279. The number of benzene rings is 1. The normalized spacial score (nSPS) is 13.2. The Bertz CT molecular complexity index is 1050. The Kier molecular flexibility index (Phi) is 7.82. The number of thiophene rings is 1. The fourth-order valence-electron chi connectivity index (χ4n) is 3.40. The van der Waals surface area contributed by atoms with Crippen molar-refractivity contribution in [3.8, 4) is 11.5 Å². The summed E-state index contributed by atoms with van der Waals surface area (Å²) in [5.74, 6) is -2.19. The highest BCUT2D eigenvalue weighted by Crippen LogP contribution is 2.38. The second-order valence-electron chi connectivity index (χ2n) is 7.07. The number of phenols is 1. The number of aromatic hydroxyl groups is 1. The molecule has 0 bridgehead atoms. The molecule has 1 aromatic carbocycles. The van der Waals surface area contributed by atoms with E-state index in [0.29, 0.717) is 16.1 Å². The Morgan fingerprint density at radius 3 is 2.72 bits per heavy atom. The van der Waals surface area contributed by atoms with E-state index in [1.165, 1.54) is 36.8 Å². The van der Waals surface area contributed by atoms with Crippen LogP contribution in [0.2, 0.25) is 0 Å². The monoisotopic (exact) mass is 459 g/mol. The lowest BCUT2D eigenvalue weighted by molar-refractivity contribution is -0.136. The zero-order chi connectivity index (χ0) is 23.1. The number of rotatable bonds is 6. The van der Waals surface area contributed by atoms with Crippen molar-refractivity contribution in [3.05, 3.63) is 39.8 Å². The highest BCUT2D eigenvalue weighted by molar-refractivity contribution is 7.17. The number of amides is 2. The standard InChI is InChI=1S/C22H25N3O6S/c1-3-31-22(29)18-14-7-5-4-6-8-17(14)32-21(18)24-19(27)20(28)25-23-12-13-9-10-15(26)16(11-13)30-2/h9-12,26H,3-8H2,1-2H3,(H,24,27)(H,25,28)/b23-12+. The number of hydrogen-bond acceptors (Lipinski definition) is 8. The van der Waals surface area contributed by atoms with E-state index in [9.17, 15) is 19.5 Å². The van der Waals surface area contributed by atoms with E-state index in [1.807, 2.05) is 0 Å².